The Morgan fingerprint density at radius 1 is 1.44 bits per heavy atom. The largest absolute Gasteiger partial charge is 0.371 e. The van der Waals surface area contributed by atoms with Crippen LogP contribution in [0.15, 0.2) is 18.3 Å². The van der Waals surface area contributed by atoms with Crippen LogP contribution in [0, 0.1) is 17.2 Å². The van der Waals surface area contributed by atoms with Crippen molar-refractivity contribution in [3.63, 3.8) is 0 Å². The minimum absolute atomic E-state index is 0.516. The van der Waals surface area contributed by atoms with Crippen LogP contribution in [-0.2, 0) is 0 Å². The van der Waals surface area contributed by atoms with Gasteiger partial charge in [-0.2, -0.15) is 5.26 Å². The molecule has 0 radical (unpaired) electrons. The highest BCUT2D eigenvalue weighted by Gasteiger charge is 2.16. The zero-order chi connectivity index (χ0) is 12.8. The van der Waals surface area contributed by atoms with Crippen LogP contribution in [-0.4, -0.2) is 18.1 Å². The van der Waals surface area contributed by atoms with E-state index in [1.807, 2.05) is 12.1 Å². The average Bonchev–Trinajstić information content (AvgIpc) is 2.65. The molecule has 1 aliphatic heterocycles. The topological polar surface area (TPSA) is 39.9 Å². The van der Waals surface area contributed by atoms with Crippen LogP contribution in [0.3, 0.4) is 0 Å². The highest BCUT2D eigenvalue weighted by molar-refractivity contribution is 5.48. The van der Waals surface area contributed by atoms with Crippen LogP contribution < -0.4 is 4.90 Å². The number of anilines is 1. The Kier molecular flexibility index (Phi) is 4.58. The van der Waals surface area contributed by atoms with Gasteiger partial charge in [-0.3, -0.25) is 0 Å². The number of hydrogen-bond acceptors (Lipinski definition) is 3. The molecule has 0 amide bonds. The predicted octanol–water partition coefficient (Wildman–Crippen LogP) is 3.36. The van der Waals surface area contributed by atoms with Crippen molar-refractivity contribution >= 4 is 5.69 Å². The van der Waals surface area contributed by atoms with Crippen LogP contribution in [0.4, 0.5) is 5.69 Å². The lowest BCUT2D eigenvalue weighted by Crippen LogP contribution is -2.24. The lowest BCUT2D eigenvalue weighted by atomic mass is 9.96. The van der Waals surface area contributed by atoms with Crippen LogP contribution in [0.2, 0.25) is 0 Å². The fourth-order valence-electron chi connectivity index (χ4n) is 2.80. The lowest BCUT2D eigenvalue weighted by Gasteiger charge is -2.22. The van der Waals surface area contributed by atoms with E-state index in [9.17, 15) is 0 Å². The molecule has 2 heterocycles. The molecular formula is C15H21N3. The van der Waals surface area contributed by atoms with Crippen molar-refractivity contribution in [2.45, 2.75) is 39.0 Å². The summed E-state index contributed by atoms with van der Waals surface area (Å²) in [5, 5.41) is 8.90. The first-order valence-electron chi connectivity index (χ1n) is 6.94. The fraction of sp³-hybridized carbons (Fsp3) is 0.600. The Labute approximate surface area is 109 Å². The van der Waals surface area contributed by atoms with Gasteiger partial charge in [0.05, 0.1) is 0 Å². The van der Waals surface area contributed by atoms with E-state index in [1.165, 1.54) is 32.1 Å². The van der Waals surface area contributed by atoms with E-state index in [-0.39, 0.29) is 0 Å². The van der Waals surface area contributed by atoms with Crippen molar-refractivity contribution in [1.82, 2.24) is 4.98 Å². The van der Waals surface area contributed by atoms with Gasteiger partial charge in [-0.15, -0.1) is 0 Å². The summed E-state index contributed by atoms with van der Waals surface area (Å²) >= 11 is 0. The number of rotatable bonds is 3. The first-order chi connectivity index (χ1) is 8.83. The Hall–Kier alpha value is -1.56. The minimum atomic E-state index is 0.516. The first kappa shape index (κ1) is 12.9. The maximum absolute atomic E-state index is 8.90. The molecule has 96 valence electrons. The van der Waals surface area contributed by atoms with Gasteiger partial charge >= 0.3 is 0 Å². The summed E-state index contributed by atoms with van der Waals surface area (Å²) in [4.78, 5) is 6.43. The van der Waals surface area contributed by atoms with Gasteiger partial charge in [0.25, 0.3) is 0 Å². The Bertz CT molecular complexity index is 422. The van der Waals surface area contributed by atoms with Crippen LogP contribution >= 0.6 is 0 Å². The summed E-state index contributed by atoms with van der Waals surface area (Å²) in [6, 6.07) is 6.03. The molecule has 1 atom stereocenters. The van der Waals surface area contributed by atoms with Crippen molar-refractivity contribution in [2.24, 2.45) is 5.92 Å². The second-order valence-electron chi connectivity index (χ2n) is 5.08. The number of nitriles is 1. The molecule has 1 aromatic heterocycles. The van der Waals surface area contributed by atoms with Gasteiger partial charge in [0.15, 0.2) is 0 Å². The molecule has 3 heteroatoms. The normalized spacial score (nSPS) is 20.2. The molecule has 1 aromatic rings. The summed E-state index contributed by atoms with van der Waals surface area (Å²) < 4.78 is 0. The van der Waals surface area contributed by atoms with E-state index >= 15 is 0 Å². The lowest BCUT2D eigenvalue weighted by molar-refractivity contribution is 0.435. The van der Waals surface area contributed by atoms with Gasteiger partial charge in [-0.25, -0.2) is 4.98 Å². The molecule has 1 aliphatic rings. The van der Waals surface area contributed by atoms with Crippen LogP contribution in [0.25, 0.3) is 0 Å². The number of nitrogens with zero attached hydrogens (tertiary/aromatic N) is 3. The van der Waals surface area contributed by atoms with Gasteiger partial charge in [0.2, 0.25) is 0 Å². The molecule has 0 aromatic carbocycles. The average molecular weight is 243 g/mol. The highest BCUT2D eigenvalue weighted by Crippen LogP contribution is 2.25. The standard InChI is InChI=1S/C15H21N3/c1-2-4-13-5-3-9-18(10-7-13)15-6-8-17-14(11-15)12-16/h6,8,11,13H,2-5,7,9-10H2,1H3. The summed E-state index contributed by atoms with van der Waals surface area (Å²) in [7, 11) is 0. The van der Waals surface area contributed by atoms with Gasteiger partial charge < -0.3 is 4.90 Å². The first-order valence-corrected chi connectivity index (χ1v) is 6.94. The molecule has 3 nitrogen and oxygen atoms in total. The van der Waals surface area contributed by atoms with E-state index in [1.54, 1.807) is 6.20 Å². The monoisotopic (exact) mass is 243 g/mol. The molecule has 0 bridgehead atoms. The number of hydrogen-bond donors (Lipinski definition) is 0. The van der Waals surface area contributed by atoms with Crippen LogP contribution in [0.1, 0.15) is 44.7 Å². The van der Waals surface area contributed by atoms with E-state index in [4.69, 9.17) is 5.26 Å². The van der Waals surface area contributed by atoms with Crippen LogP contribution in [0.5, 0.6) is 0 Å². The van der Waals surface area contributed by atoms with Crippen molar-refractivity contribution in [2.75, 3.05) is 18.0 Å². The highest BCUT2D eigenvalue weighted by atomic mass is 15.1. The molecule has 0 spiro atoms. The molecule has 1 fully saturated rings. The predicted molar refractivity (Wildman–Crippen MR) is 73.4 cm³/mol. The molecule has 1 saturated heterocycles. The molecule has 1 unspecified atom stereocenters. The maximum Gasteiger partial charge on any atom is 0.142 e. The maximum atomic E-state index is 8.90. The van der Waals surface area contributed by atoms with Crippen molar-refractivity contribution in [1.29, 1.82) is 5.26 Å². The number of aromatic nitrogens is 1. The summed E-state index contributed by atoms with van der Waals surface area (Å²) in [5.74, 6) is 0.886. The quantitative estimate of drug-likeness (QED) is 0.817. The van der Waals surface area contributed by atoms with Gasteiger partial charge in [0.1, 0.15) is 11.8 Å². The second kappa shape index (κ2) is 6.39. The van der Waals surface area contributed by atoms with Gasteiger partial charge in [-0.05, 0) is 37.3 Å². The molecular weight excluding hydrogens is 222 g/mol. The van der Waals surface area contributed by atoms with E-state index in [0.717, 1.165) is 24.7 Å². The molecule has 18 heavy (non-hydrogen) atoms. The van der Waals surface area contributed by atoms with E-state index in [2.05, 4.69) is 22.9 Å². The van der Waals surface area contributed by atoms with E-state index in [0.29, 0.717) is 5.69 Å². The summed E-state index contributed by atoms with van der Waals surface area (Å²) in [6.45, 7) is 4.49. The van der Waals surface area contributed by atoms with Gasteiger partial charge in [-0.1, -0.05) is 19.8 Å². The SMILES string of the molecule is CCCC1CCCN(c2ccnc(C#N)c2)CC1. The summed E-state index contributed by atoms with van der Waals surface area (Å²) in [6.07, 6.45) is 8.27. The van der Waals surface area contributed by atoms with Gasteiger partial charge in [0, 0.05) is 25.0 Å². The molecule has 2 rings (SSSR count). The minimum Gasteiger partial charge on any atom is -0.371 e. The van der Waals surface area contributed by atoms with Crippen molar-refractivity contribution < 1.29 is 0 Å². The number of pyridine rings is 1. The zero-order valence-corrected chi connectivity index (χ0v) is 11.1. The van der Waals surface area contributed by atoms with Crippen molar-refractivity contribution in [3.8, 4) is 6.07 Å². The van der Waals surface area contributed by atoms with Crippen molar-refractivity contribution in [3.05, 3.63) is 24.0 Å². The third-order valence-electron chi connectivity index (χ3n) is 3.77. The summed E-state index contributed by atoms with van der Waals surface area (Å²) in [5.41, 5.74) is 1.67. The smallest absolute Gasteiger partial charge is 0.142 e. The van der Waals surface area contributed by atoms with E-state index < -0.39 is 0 Å². The third-order valence-corrected chi connectivity index (χ3v) is 3.77. The molecule has 0 aliphatic carbocycles. The third kappa shape index (κ3) is 3.22. The molecule has 0 saturated carbocycles. The fourth-order valence-corrected chi connectivity index (χ4v) is 2.80. The molecule has 0 N–H and O–H groups in total. The Balaban J connectivity index is 2.03. The Morgan fingerprint density at radius 3 is 3.11 bits per heavy atom. The zero-order valence-electron chi connectivity index (χ0n) is 11.1. The Morgan fingerprint density at radius 2 is 2.33 bits per heavy atom. The second-order valence-corrected chi connectivity index (χ2v) is 5.08.